The molecule has 1 aromatic carbocycles. The summed E-state index contributed by atoms with van der Waals surface area (Å²) in [4.78, 5) is 11.3. The van der Waals surface area contributed by atoms with Gasteiger partial charge in [0, 0.05) is 16.7 Å². The third-order valence-corrected chi connectivity index (χ3v) is 4.85. The summed E-state index contributed by atoms with van der Waals surface area (Å²) >= 11 is 3.30. The lowest BCUT2D eigenvalue weighted by atomic mass is 10.0. The first-order valence-corrected chi connectivity index (χ1v) is 7.17. The molecule has 0 spiro atoms. The van der Waals surface area contributed by atoms with Gasteiger partial charge in [0.15, 0.2) is 0 Å². The molecule has 2 N–H and O–H groups in total. The highest BCUT2D eigenvalue weighted by atomic mass is 79.9. The summed E-state index contributed by atoms with van der Waals surface area (Å²) < 4.78 is 0.635. The van der Waals surface area contributed by atoms with E-state index in [-0.39, 0.29) is 0 Å². The van der Waals surface area contributed by atoms with Gasteiger partial charge in [0.25, 0.3) is 0 Å². The van der Waals surface area contributed by atoms with Crippen LogP contribution < -0.4 is 5.32 Å². The van der Waals surface area contributed by atoms with Gasteiger partial charge in [-0.3, -0.25) is 0 Å². The molecule has 1 aromatic rings. The molecule has 2 saturated carbocycles. The molecule has 0 aromatic heterocycles. The molecule has 18 heavy (non-hydrogen) atoms. The van der Waals surface area contributed by atoms with Crippen molar-refractivity contribution in [2.75, 3.05) is 11.9 Å². The maximum atomic E-state index is 11.3. The van der Waals surface area contributed by atoms with Crippen LogP contribution >= 0.6 is 15.9 Å². The average molecular weight is 310 g/mol. The predicted molar refractivity (Wildman–Crippen MR) is 74.0 cm³/mol. The second kappa shape index (κ2) is 4.26. The molecule has 0 heterocycles. The third-order valence-electron chi connectivity index (χ3n) is 4.19. The van der Waals surface area contributed by atoms with E-state index in [1.165, 1.54) is 25.7 Å². The van der Waals surface area contributed by atoms with Crippen LogP contribution in [-0.2, 0) is 0 Å². The third kappa shape index (κ3) is 2.14. The number of aromatic carboxylic acids is 1. The van der Waals surface area contributed by atoms with Crippen LogP contribution in [0.1, 0.15) is 36.0 Å². The van der Waals surface area contributed by atoms with Crippen LogP contribution in [0, 0.1) is 11.3 Å². The standard InChI is InChI=1S/C14H16BrNO2/c15-10-2-1-3-11(12(10)13(17)18)16-8-14(6-7-14)9-4-5-9/h1-3,9,16H,4-8H2,(H,17,18). The van der Waals surface area contributed by atoms with Gasteiger partial charge in [0.05, 0.1) is 5.56 Å². The number of anilines is 1. The number of hydrogen-bond acceptors (Lipinski definition) is 2. The van der Waals surface area contributed by atoms with Gasteiger partial charge in [-0.2, -0.15) is 0 Å². The highest BCUT2D eigenvalue weighted by Gasteiger charge is 2.53. The number of carboxylic acid groups (broad SMARTS) is 1. The Labute approximate surface area is 115 Å². The number of rotatable bonds is 5. The molecule has 3 rings (SSSR count). The molecule has 0 amide bonds. The molecule has 0 aliphatic heterocycles. The molecular formula is C14H16BrNO2. The summed E-state index contributed by atoms with van der Waals surface area (Å²) in [7, 11) is 0. The van der Waals surface area contributed by atoms with Crippen LogP contribution in [0.2, 0.25) is 0 Å². The zero-order valence-corrected chi connectivity index (χ0v) is 11.7. The molecule has 0 atom stereocenters. The minimum Gasteiger partial charge on any atom is -0.478 e. The number of nitrogens with one attached hydrogen (secondary N) is 1. The first kappa shape index (κ1) is 12.0. The van der Waals surface area contributed by atoms with Gasteiger partial charge in [0.2, 0.25) is 0 Å². The summed E-state index contributed by atoms with van der Waals surface area (Å²) in [6, 6.07) is 5.48. The Morgan fingerprint density at radius 1 is 1.44 bits per heavy atom. The Balaban J connectivity index is 1.76. The highest BCUT2D eigenvalue weighted by molar-refractivity contribution is 9.10. The molecule has 2 aliphatic carbocycles. The van der Waals surface area contributed by atoms with E-state index in [0.29, 0.717) is 15.5 Å². The van der Waals surface area contributed by atoms with Crippen LogP contribution in [0.25, 0.3) is 0 Å². The maximum absolute atomic E-state index is 11.3. The summed E-state index contributed by atoms with van der Waals surface area (Å²) in [5.41, 5.74) is 1.53. The minimum absolute atomic E-state index is 0.337. The van der Waals surface area contributed by atoms with E-state index in [1.54, 1.807) is 6.07 Å². The Kier molecular flexibility index (Phi) is 2.85. The van der Waals surface area contributed by atoms with Crippen LogP contribution in [0.5, 0.6) is 0 Å². The molecule has 96 valence electrons. The van der Waals surface area contributed by atoms with Gasteiger partial charge in [-0.15, -0.1) is 0 Å². The zero-order valence-electron chi connectivity index (χ0n) is 10.1. The lowest BCUT2D eigenvalue weighted by molar-refractivity contribution is 0.0697. The van der Waals surface area contributed by atoms with Crippen molar-refractivity contribution in [1.29, 1.82) is 0 Å². The SMILES string of the molecule is O=C(O)c1c(Br)cccc1NCC1(C2CC2)CC1. The van der Waals surface area contributed by atoms with Gasteiger partial charge < -0.3 is 10.4 Å². The van der Waals surface area contributed by atoms with E-state index < -0.39 is 5.97 Å². The van der Waals surface area contributed by atoms with Crippen molar-refractivity contribution in [3.8, 4) is 0 Å². The van der Waals surface area contributed by atoms with Gasteiger partial charge in [-0.1, -0.05) is 6.07 Å². The Morgan fingerprint density at radius 2 is 2.17 bits per heavy atom. The van der Waals surface area contributed by atoms with E-state index in [4.69, 9.17) is 0 Å². The van der Waals surface area contributed by atoms with Crippen LogP contribution in [0.15, 0.2) is 22.7 Å². The number of hydrogen-bond donors (Lipinski definition) is 2. The molecule has 2 aliphatic rings. The fourth-order valence-corrected chi connectivity index (χ4v) is 3.28. The van der Waals surface area contributed by atoms with Crippen molar-refractivity contribution in [3.05, 3.63) is 28.2 Å². The Hall–Kier alpha value is -1.03. The van der Waals surface area contributed by atoms with Gasteiger partial charge in [0.1, 0.15) is 0 Å². The normalized spacial score (nSPS) is 20.5. The van der Waals surface area contributed by atoms with Crippen LogP contribution in [-0.4, -0.2) is 17.6 Å². The van der Waals surface area contributed by atoms with Crippen LogP contribution in [0.3, 0.4) is 0 Å². The van der Waals surface area contributed by atoms with E-state index >= 15 is 0 Å². The van der Waals surface area contributed by atoms with Crippen molar-refractivity contribution in [2.24, 2.45) is 11.3 Å². The van der Waals surface area contributed by atoms with Crippen molar-refractivity contribution in [1.82, 2.24) is 0 Å². The molecule has 2 fully saturated rings. The quantitative estimate of drug-likeness (QED) is 0.871. The monoisotopic (exact) mass is 309 g/mol. The average Bonchev–Trinajstić information content (AvgIpc) is 3.17. The number of halogens is 1. The first-order valence-electron chi connectivity index (χ1n) is 6.38. The Morgan fingerprint density at radius 3 is 2.72 bits per heavy atom. The molecule has 0 unspecified atom stereocenters. The van der Waals surface area contributed by atoms with Gasteiger partial charge in [-0.25, -0.2) is 4.79 Å². The molecule has 0 bridgehead atoms. The van der Waals surface area contributed by atoms with E-state index in [2.05, 4.69) is 21.2 Å². The molecule has 3 nitrogen and oxygen atoms in total. The minimum atomic E-state index is -0.888. The summed E-state index contributed by atoms with van der Waals surface area (Å²) in [6.45, 7) is 0.911. The maximum Gasteiger partial charge on any atom is 0.338 e. The lowest BCUT2D eigenvalue weighted by Gasteiger charge is -2.17. The number of benzene rings is 1. The second-order valence-corrected chi connectivity index (χ2v) is 6.31. The molecule has 4 heteroatoms. The number of carboxylic acids is 1. The highest BCUT2D eigenvalue weighted by Crippen LogP contribution is 2.61. The fourth-order valence-electron chi connectivity index (χ4n) is 2.75. The van der Waals surface area contributed by atoms with Crippen molar-refractivity contribution < 1.29 is 9.90 Å². The van der Waals surface area contributed by atoms with E-state index in [9.17, 15) is 9.90 Å². The topological polar surface area (TPSA) is 49.3 Å². The van der Waals surface area contributed by atoms with Gasteiger partial charge in [-0.05, 0) is 65.1 Å². The van der Waals surface area contributed by atoms with E-state index in [0.717, 1.165) is 18.2 Å². The predicted octanol–water partition coefficient (Wildman–Crippen LogP) is 3.75. The van der Waals surface area contributed by atoms with Crippen LogP contribution in [0.4, 0.5) is 5.69 Å². The molecule has 0 radical (unpaired) electrons. The summed E-state index contributed by atoms with van der Waals surface area (Å²) in [6.07, 6.45) is 5.29. The fraction of sp³-hybridized carbons (Fsp3) is 0.500. The molecular weight excluding hydrogens is 294 g/mol. The number of carbonyl (C=O) groups is 1. The summed E-state index contributed by atoms with van der Waals surface area (Å²) in [5, 5.41) is 12.6. The van der Waals surface area contributed by atoms with E-state index in [1.807, 2.05) is 12.1 Å². The summed E-state index contributed by atoms with van der Waals surface area (Å²) in [5.74, 6) is -0.00771. The smallest absolute Gasteiger partial charge is 0.338 e. The van der Waals surface area contributed by atoms with Crippen molar-refractivity contribution >= 4 is 27.6 Å². The first-order chi connectivity index (χ1) is 8.62. The lowest BCUT2D eigenvalue weighted by Crippen LogP contribution is -2.19. The van der Waals surface area contributed by atoms with Crippen molar-refractivity contribution in [3.63, 3.8) is 0 Å². The second-order valence-electron chi connectivity index (χ2n) is 5.46. The van der Waals surface area contributed by atoms with Crippen molar-refractivity contribution in [2.45, 2.75) is 25.7 Å². The van der Waals surface area contributed by atoms with Gasteiger partial charge >= 0.3 is 5.97 Å². The Bertz CT molecular complexity index is 493. The zero-order chi connectivity index (χ0) is 12.8. The largest absolute Gasteiger partial charge is 0.478 e. The molecule has 0 saturated heterocycles.